The minimum atomic E-state index is 0.0579. The average Bonchev–Trinajstić information content (AvgIpc) is 2.72. The zero-order valence-corrected chi connectivity index (χ0v) is 8.38. The zero-order valence-electron chi connectivity index (χ0n) is 7.56. The minimum absolute atomic E-state index is 0.0579. The first kappa shape index (κ1) is 9.05. The molecule has 0 radical (unpaired) electrons. The van der Waals surface area contributed by atoms with Gasteiger partial charge in [-0.25, -0.2) is 0 Å². The topological polar surface area (TPSA) is 61.0 Å². The highest BCUT2D eigenvalue weighted by Crippen LogP contribution is 2.29. The van der Waals surface area contributed by atoms with E-state index in [1.807, 2.05) is 6.92 Å². The molecule has 72 valence electrons. The van der Waals surface area contributed by atoms with Gasteiger partial charge in [-0.1, -0.05) is 4.49 Å². The smallest absolute Gasteiger partial charge is 0.0772 e. The Morgan fingerprint density at radius 3 is 3.08 bits per heavy atom. The van der Waals surface area contributed by atoms with Gasteiger partial charge in [-0.3, -0.25) is 0 Å². The molecule has 0 bridgehead atoms. The van der Waals surface area contributed by atoms with Crippen LogP contribution < -0.4 is 5.73 Å². The van der Waals surface area contributed by atoms with E-state index in [9.17, 15) is 0 Å². The van der Waals surface area contributed by atoms with Crippen molar-refractivity contribution < 1.29 is 4.74 Å². The number of ether oxygens (including phenoxy) is 1. The molecule has 2 N–H and O–H groups in total. The van der Waals surface area contributed by atoms with Crippen LogP contribution in [0.5, 0.6) is 0 Å². The van der Waals surface area contributed by atoms with Gasteiger partial charge in [0, 0.05) is 18.6 Å². The first-order valence-corrected chi connectivity index (χ1v) is 5.18. The molecule has 0 saturated carbocycles. The Bertz CT molecular complexity index is 283. The van der Waals surface area contributed by atoms with Crippen molar-refractivity contribution in [2.45, 2.75) is 19.4 Å². The van der Waals surface area contributed by atoms with Gasteiger partial charge in [0.2, 0.25) is 0 Å². The molecule has 1 aromatic heterocycles. The number of nitrogens with two attached hydrogens (primary N) is 1. The molecule has 0 amide bonds. The normalized spacial score (nSPS) is 24.9. The summed E-state index contributed by atoms with van der Waals surface area (Å²) in [5.41, 5.74) is 7.06. The molecule has 2 atom stereocenters. The molecule has 1 aliphatic heterocycles. The Morgan fingerprint density at radius 2 is 2.54 bits per heavy atom. The van der Waals surface area contributed by atoms with Crippen molar-refractivity contribution in [2.75, 3.05) is 13.2 Å². The fourth-order valence-electron chi connectivity index (χ4n) is 1.59. The molecule has 5 heteroatoms. The van der Waals surface area contributed by atoms with Gasteiger partial charge in [-0.05, 0) is 24.9 Å². The molecule has 1 aromatic rings. The van der Waals surface area contributed by atoms with Gasteiger partial charge in [-0.2, -0.15) is 0 Å². The first-order chi connectivity index (χ1) is 6.29. The molecule has 2 unspecified atom stereocenters. The summed E-state index contributed by atoms with van der Waals surface area (Å²) in [5, 5.41) is 3.96. The number of hydrogen-bond donors (Lipinski definition) is 1. The van der Waals surface area contributed by atoms with E-state index >= 15 is 0 Å². The van der Waals surface area contributed by atoms with Crippen LogP contribution in [0.1, 0.15) is 23.0 Å². The lowest BCUT2D eigenvalue weighted by Gasteiger charge is -2.15. The lowest BCUT2D eigenvalue weighted by atomic mass is 9.98. The quantitative estimate of drug-likeness (QED) is 0.768. The predicted octanol–water partition coefficient (Wildman–Crippen LogP) is 0.883. The maximum Gasteiger partial charge on any atom is 0.0772 e. The summed E-state index contributed by atoms with van der Waals surface area (Å²) < 4.78 is 9.18. The zero-order chi connectivity index (χ0) is 9.26. The Kier molecular flexibility index (Phi) is 2.57. The summed E-state index contributed by atoms with van der Waals surface area (Å²) in [4.78, 5) is 1.11. The van der Waals surface area contributed by atoms with Gasteiger partial charge in [-0.15, -0.1) is 5.10 Å². The summed E-state index contributed by atoms with van der Waals surface area (Å²) in [5.74, 6) is 0.445. The fourth-order valence-corrected chi connectivity index (χ4v) is 2.33. The molecule has 4 nitrogen and oxygen atoms in total. The largest absolute Gasteiger partial charge is 0.381 e. The van der Waals surface area contributed by atoms with Crippen LogP contribution in [0.25, 0.3) is 0 Å². The number of rotatable bonds is 2. The molecule has 2 rings (SSSR count). The van der Waals surface area contributed by atoms with E-state index in [0.717, 1.165) is 30.2 Å². The Balaban J connectivity index is 2.12. The Labute approximate surface area is 81.3 Å². The number of aromatic nitrogens is 2. The van der Waals surface area contributed by atoms with Crippen molar-refractivity contribution in [3.05, 3.63) is 10.6 Å². The summed E-state index contributed by atoms with van der Waals surface area (Å²) in [6.07, 6.45) is 1.05. The molecule has 2 heterocycles. The molecule has 0 spiro atoms. The molecule has 1 aliphatic rings. The first-order valence-electron chi connectivity index (χ1n) is 4.41. The van der Waals surface area contributed by atoms with Crippen molar-refractivity contribution in [1.29, 1.82) is 0 Å². The molecule has 0 aromatic carbocycles. The summed E-state index contributed by atoms with van der Waals surface area (Å²) in [6.45, 7) is 3.57. The summed E-state index contributed by atoms with van der Waals surface area (Å²) in [6, 6.07) is 0.0579. The van der Waals surface area contributed by atoms with E-state index in [1.54, 1.807) is 0 Å². The third kappa shape index (κ3) is 1.72. The van der Waals surface area contributed by atoms with Crippen LogP contribution in [0.2, 0.25) is 0 Å². The van der Waals surface area contributed by atoms with Gasteiger partial charge in [0.1, 0.15) is 0 Å². The van der Waals surface area contributed by atoms with Gasteiger partial charge < -0.3 is 10.5 Å². The SMILES string of the molecule is Cc1nnsc1C(N)C1CCOC1. The Morgan fingerprint density at radius 1 is 1.69 bits per heavy atom. The van der Waals surface area contributed by atoms with E-state index in [2.05, 4.69) is 9.59 Å². The molecule has 1 saturated heterocycles. The van der Waals surface area contributed by atoms with Crippen molar-refractivity contribution >= 4 is 11.5 Å². The Hall–Kier alpha value is -0.520. The summed E-state index contributed by atoms with van der Waals surface area (Å²) >= 11 is 1.40. The molecule has 0 aliphatic carbocycles. The van der Waals surface area contributed by atoms with E-state index < -0.39 is 0 Å². The van der Waals surface area contributed by atoms with Crippen LogP contribution >= 0.6 is 11.5 Å². The van der Waals surface area contributed by atoms with Gasteiger partial charge in [0.15, 0.2) is 0 Å². The van der Waals surface area contributed by atoms with Crippen LogP contribution in [0.4, 0.5) is 0 Å². The molecule has 1 fully saturated rings. The standard InChI is InChI=1S/C8H13N3OS/c1-5-8(13-11-10-5)7(9)6-2-3-12-4-6/h6-7H,2-4,9H2,1H3. The highest BCUT2D eigenvalue weighted by molar-refractivity contribution is 7.05. The summed E-state index contributed by atoms with van der Waals surface area (Å²) in [7, 11) is 0. The highest BCUT2D eigenvalue weighted by atomic mass is 32.1. The molecule has 13 heavy (non-hydrogen) atoms. The maximum absolute atomic E-state index is 6.10. The van der Waals surface area contributed by atoms with Crippen LogP contribution in [0.3, 0.4) is 0 Å². The lowest BCUT2D eigenvalue weighted by molar-refractivity contribution is 0.181. The van der Waals surface area contributed by atoms with Crippen LogP contribution in [0.15, 0.2) is 0 Å². The predicted molar refractivity (Wildman–Crippen MR) is 50.5 cm³/mol. The van der Waals surface area contributed by atoms with Crippen molar-refractivity contribution in [1.82, 2.24) is 9.59 Å². The lowest BCUT2D eigenvalue weighted by Crippen LogP contribution is -2.21. The minimum Gasteiger partial charge on any atom is -0.381 e. The van der Waals surface area contributed by atoms with E-state index in [-0.39, 0.29) is 6.04 Å². The van der Waals surface area contributed by atoms with Gasteiger partial charge in [0.05, 0.1) is 17.2 Å². The third-order valence-corrected chi connectivity index (χ3v) is 3.39. The van der Waals surface area contributed by atoms with Crippen LogP contribution in [-0.2, 0) is 4.74 Å². The molecular formula is C8H13N3OS. The second-order valence-corrected chi connectivity index (χ2v) is 4.16. The second kappa shape index (κ2) is 3.69. The van der Waals surface area contributed by atoms with Crippen molar-refractivity contribution in [3.8, 4) is 0 Å². The second-order valence-electron chi connectivity index (χ2n) is 3.37. The van der Waals surface area contributed by atoms with Crippen LogP contribution in [-0.4, -0.2) is 22.8 Å². The number of hydrogen-bond acceptors (Lipinski definition) is 5. The highest BCUT2D eigenvalue weighted by Gasteiger charge is 2.26. The van der Waals surface area contributed by atoms with E-state index in [1.165, 1.54) is 11.5 Å². The third-order valence-electron chi connectivity index (χ3n) is 2.46. The number of nitrogens with zero attached hydrogens (tertiary/aromatic N) is 2. The van der Waals surface area contributed by atoms with Gasteiger partial charge >= 0.3 is 0 Å². The van der Waals surface area contributed by atoms with Crippen molar-refractivity contribution in [2.24, 2.45) is 11.7 Å². The maximum atomic E-state index is 6.10. The fraction of sp³-hybridized carbons (Fsp3) is 0.750. The van der Waals surface area contributed by atoms with Crippen molar-refractivity contribution in [3.63, 3.8) is 0 Å². The van der Waals surface area contributed by atoms with Crippen LogP contribution in [0, 0.1) is 12.8 Å². The monoisotopic (exact) mass is 199 g/mol. The van der Waals surface area contributed by atoms with Gasteiger partial charge in [0.25, 0.3) is 0 Å². The van der Waals surface area contributed by atoms with E-state index in [0.29, 0.717) is 5.92 Å². The number of aryl methyl sites for hydroxylation is 1. The van der Waals surface area contributed by atoms with E-state index in [4.69, 9.17) is 10.5 Å². The molecular weight excluding hydrogens is 186 g/mol. The average molecular weight is 199 g/mol.